The van der Waals surface area contributed by atoms with Crippen LogP contribution in [0.2, 0.25) is 0 Å². The second kappa shape index (κ2) is 6.47. The average Bonchev–Trinajstić information content (AvgIpc) is 3.13. The van der Waals surface area contributed by atoms with Crippen molar-refractivity contribution in [1.82, 2.24) is 19.9 Å². The molecule has 0 bridgehead atoms. The number of nitrogens with zero attached hydrogens (tertiary/aromatic N) is 4. The number of nitrogens with two attached hydrogens (primary N) is 1. The minimum Gasteiger partial charge on any atom is -0.383 e. The number of anilines is 1. The summed E-state index contributed by atoms with van der Waals surface area (Å²) in [6, 6.07) is 13.7. The van der Waals surface area contributed by atoms with Gasteiger partial charge in [0.1, 0.15) is 12.1 Å². The van der Waals surface area contributed by atoms with E-state index in [0.29, 0.717) is 24.4 Å². The topological polar surface area (TPSA) is 85.0 Å². The van der Waals surface area contributed by atoms with Crippen molar-refractivity contribution < 1.29 is 4.79 Å². The summed E-state index contributed by atoms with van der Waals surface area (Å²) in [5.74, 6) is 0.844. The number of likely N-dealkylation sites (tertiary alicyclic amines) is 1. The fraction of sp³-hybridized carbons (Fsp3) is 0.263. The predicted octanol–water partition coefficient (Wildman–Crippen LogP) is 2.17. The number of amides is 1. The summed E-state index contributed by atoms with van der Waals surface area (Å²) in [7, 11) is 0. The molecule has 6 heteroatoms. The molecular formula is C19H19N5O. The summed E-state index contributed by atoms with van der Waals surface area (Å²) in [4.78, 5) is 27.3. The van der Waals surface area contributed by atoms with Gasteiger partial charge in [-0.25, -0.2) is 15.0 Å². The third-order valence-electron chi connectivity index (χ3n) is 4.71. The minimum absolute atomic E-state index is 0.168. The van der Waals surface area contributed by atoms with Gasteiger partial charge in [-0.1, -0.05) is 30.3 Å². The molecule has 3 aromatic rings. The summed E-state index contributed by atoms with van der Waals surface area (Å²) in [6.07, 6.45) is 2.79. The molecule has 1 aromatic carbocycles. The lowest BCUT2D eigenvalue weighted by Gasteiger charge is -2.16. The molecule has 0 aliphatic carbocycles. The van der Waals surface area contributed by atoms with Gasteiger partial charge in [-0.3, -0.25) is 4.79 Å². The van der Waals surface area contributed by atoms with Crippen molar-refractivity contribution in [3.63, 3.8) is 0 Å². The summed E-state index contributed by atoms with van der Waals surface area (Å²) in [5.41, 5.74) is 8.47. The van der Waals surface area contributed by atoms with Crippen LogP contribution < -0.4 is 5.73 Å². The third-order valence-corrected chi connectivity index (χ3v) is 4.71. The van der Waals surface area contributed by atoms with Gasteiger partial charge in [-0.15, -0.1) is 0 Å². The monoisotopic (exact) mass is 333 g/mol. The number of carbonyl (C=O) groups is 1. The van der Waals surface area contributed by atoms with E-state index in [1.54, 1.807) is 0 Å². The van der Waals surface area contributed by atoms with Crippen molar-refractivity contribution in [2.75, 3.05) is 18.8 Å². The Morgan fingerprint density at radius 3 is 2.84 bits per heavy atom. The van der Waals surface area contributed by atoms with Gasteiger partial charge in [0.05, 0.1) is 11.8 Å². The van der Waals surface area contributed by atoms with Gasteiger partial charge < -0.3 is 10.6 Å². The highest BCUT2D eigenvalue weighted by Gasteiger charge is 2.28. The fourth-order valence-corrected chi connectivity index (χ4v) is 3.31. The third kappa shape index (κ3) is 3.15. The molecule has 0 saturated carbocycles. The Morgan fingerprint density at radius 2 is 2.00 bits per heavy atom. The van der Waals surface area contributed by atoms with Crippen molar-refractivity contribution in [1.29, 1.82) is 0 Å². The van der Waals surface area contributed by atoms with Gasteiger partial charge in [0, 0.05) is 24.7 Å². The smallest absolute Gasteiger partial charge is 0.227 e. The Bertz CT molecular complexity index is 912. The van der Waals surface area contributed by atoms with Gasteiger partial charge in [-0.2, -0.15) is 0 Å². The SMILES string of the molecule is Nc1ncnc2nc([C@@H]3CCN(C(=O)Cc4ccccc4)C3)ccc12. The van der Waals surface area contributed by atoms with E-state index in [9.17, 15) is 4.79 Å². The molecule has 126 valence electrons. The van der Waals surface area contributed by atoms with Crippen LogP contribution in [0.4, 0.5) is 5.82 Å². The maximum absolute atomic E-state index is 12.5. The standard InChI is InChI=1S/C19H19N5O/c20-18-15-6-7-16(23-19(15)22-12-21-18)14-8-9-24(11-14)17(25)10-13-4-2-1-3-5-13/h1-7,12,14H,8-11H2,(H2,20,21,22,23)/t14-/m1/s1. The summed E-state index contributed by atoms with van der Waals surface area (Å²) in [5, 5.41) is 0.765. The van der Waals surface area contributed by atoms with Gasteiger partial charge in [0.25, 0.3) is 0 Å². The predicted molar refractivity (Wildman–Crippen MR) is 95.8 cm³/mol. The molecule has 1 amide bonds. The first kappa shape index (κ1) is 15.5. The quantitative estimate of drug-likeness (QED) is 0.794. The number of aromatic nitrogens is 3. The number of rotatable bonds is 3. The molecule has 6 nitrogen and oxygen atoms in total. The molecule has 1 aliphatic rings. The molecule has 1 saturated heterocycles. The zero-order chi connectivity index (χ0) is 17.2. The van der Waals surface area contributed by atoms with Crippen LogP contribution >= 0.6 is 0 Å². The molecule has 1 aliphatic heterocycles. The van der Waals surface area contributed by atoms with Crippen LogP contribution in [0.25, 0.3) is 11.0 Å². The Kier molecular flexibility index (Phi) is 4.01. The number of benzene rings is 1. The fourth-order valence-electron chi connectivity index (χ4n) is 3.31. The van der Waals surface area contributed by atoms with E-state index < -0.39 is 0 Å². The van der Waals surface area contributed by atoms with Crippen molar-refractivity contribution in [2.45, 2.75) is 18.8 Å². The highest BCUT2D eigenvalue weighted by molar-refractivity contribution is 5.84. The van der Waals surface area contributed by atoms with Crippen LogP contribution in [0.1, 0.15) is 23.6 Å². The molecule has 0 unspecified atom stereocenters. The van der Waals surface area contributed by atoms with Crippen molar-refractivity contribution in [2.24, 2.45) is 0 Å². The molecule has 3 heterocycles. The zero-order valence-electron chi connectivity index (χ0n) is 13.8. The first-order chi connectivity index (χ1) is 12.2. The van der Waals surface area contributed by atoms with Gasteiger partial charge in [0.2, 0.25) is 5.91 Å². The first-order valence-electron chi connectivity index (χ1n) is 8.39. The summed E-state index contributed by atoms with van der Waals surface area (Å²) < 4.78 is 0. The second-order valence-corrected chi connectivity index (χ2v) is 6.35. The summed E-state index contributed by atoms with van der Waals surface area (Å²) >= 11 is 0. The van der Waals surface area contributed by atoms with Crippen LogP contribution in [0.3, 0.4) is 0 Å². The number of hydrogen-bond acceptors (Lipinski definition) is 5. The van der Waals surface area contributed by atoms with Crippen molar-refractivity contribution in [3.8, 4) is 0 Å². The highest BCUT2D eigenvalue weighted by atomic mass is 16.2. The number of nitrogen functional groups attached to an aromatic ring is 1. The Morgan fingerprint density at radius 1 is 1.16 bits per heavy atom. The number of fused-ring (bicyclic) bond motifs is 1. The second-order valence-electron chi connectivity index (χ2n) is 6.35. The maximum atomic E-state index is 12.5. The van der Waals surface area contributed by atoms with E-state index in [1.165, 1.54) is 6.33 Å². The Labute approximate surface area is 145 Å². The van der Waals surface area contributed by atoms with E-state index >= 15 is 0 Å². The van der Waals surface area contributed by atoms with Gasteiger partial charge in [0.15, 0.2) is 5.65 Å². The van der Waals surface area contributed by atoms with Crippen LogP contribution in [0.5, 0.6) is 0 Å². The van der Waals surface area contributed by atoms with E-state index in [0.717, 1.165) is 29.6 Å². The van der Waals surface area contributed by atoms with Crippen LogP contribution in [0, 0.1) is 0 Å². The van der Waals surface area contributed by atoms with Crippen LogP contribution in [-0.4, -0.2) is 38.8 Å². The van der Waals surface area contributed by atoms with Gasteiger partial charge in [-0.05, 0) is 24.1 Å². The molecule has 1 fully saturated rings. The lowest BCUT2D eigenvalue weighted by Crippen LogP contribution is -2.29. The molecule has 4 rings (SSSR count). The lowest BCUT2D eigenvalue weighted by atomic mass is 10.0. The first-order valence-corrected chi connectivity index (χ1v) is 8.39. The van der Waals surface area contributed by atoms with Crippen molar-refractivity contribution in [3.05, 3.63) is 60.0 Å². The number of pyridine rings is 1. The van der Waals surface area contributed by atoms with E-state index in [1.807, 2.05) is 47.4 Å². The average molecular weight is 333 g/mol. The molecule has 0 spiro atoms. The molecule has 0 radical (unpaired) electrons. The highest BCUT2D eigenvalue weighted by Crippen LogP contribution is 2.28. The Hall–Kier alpha value is -3.02. The lowest BCUT2D eigenvalue weighted by molar-refractivity contribution is -0.129. The van der Waals surface area contributed by atoms with E-state index in [4.69, 9.17) is 5.73 Å². The maximum Gasteiger partial charge on any atom is 0.227 e. The number of carbonyl (C=O) groups excluding carboxylic acids is 1. The van der Waals surface area contributed by atoms with Crippen LogP contribution in [-0.2, 0) is 11.2 Å². The molecular weight excluding hydrogens is 314 g/mol. The molecule has 2 N–H and O–H groups in total. The molecule has 2 aromatic heterocycles. The van der Waals surface area contributed by atoms with E-state index in [-0.39, 0.29) is 11.8 Å². The van der Waals surface area contributed by atoms with E-state index in [2.05, 4.69) is 15.0 Å². The van der Waals surface area contributed by atoms with Gasteiger partial charge >= 0.3 is 0 Å². The van der Waals surface area contributed by atoms with Crippen LogP contribution in [0.15, 0.2) is 48.8 Å². The van der Waals surface area contributed by atoms with Crippen molar-refractivity contribution >= 4 is 22.8 Å². The largest absolute Gasteiger partial charge is 0.383 e. The molecule has 25 heavy (non-hydrogen) atoms. The summed E-state index contributed by atoms with van der Waals surface area (Å²) in [6.45, 7) is 1.46. The zero-order valence-corrected chi connectivity index (χ0v) is 13.8. The minimum atomic E-state index is 0.168. The normalized spacial score (nSPS) is 17.1. The molecule has 1 atom stereocenters. The number of hydrogen-bond donors (Lipinski definition) is 1. The Balaban J connectivity index is 1.48.